The van der Waals surface area contributed by atoms with Gasteiger partial charge in [-0.05, 0) is 31.5 Å². The van der Waals surface area contributed by atoms with E-state index in [0.717, 1.165) is 10.6 Å². The van der Waals surface area contributed by atoms with E-state index in [0.29, 0.717) is 11.3 Å². The zero-order valence-corrected chi connectivity index (χ0v) is 11.2. The van der Waals surface area contributed by atoms with E-state index in [4.69, 9.17) is 0 Å². The average molecular weight is 273 g/mol. The predicted octanol–water partition coefficient (Wildman–Crippen LogP) is 2.05. The number of hydrogen-bond donors (Lipinski definition) is 1. The number of nitrogens with one attached hydrogen (secondary N) is 1. The number of aryl methyl sites for hydroxylation is 2. The number of nitrogens with zero attached hydrogens (tertiary/aromatic N) is 4. The van der Waals surface area contributed by atoms with Crippen LogP contribution in [0.5, 0.6) is 0 Å². The fraction of sp³-hybridized carbons (Fsp3) is 0.167. The van der Waals surface area contributed by atoms with Gasteiger partial charge in [-0.3, -0.25) is 10.1 Å². The number of fused-ring (bicyclic) bond motifs is 1. The monoisotopic (exact) mass is 273 g/mol. The van der Waals surface area contributed by atoms with Crippen LogP contribution in [-0.4, -0.2) is 25.5 Å². The predicted molar refractivity (Wildman–Crippen MR) is 72.5 cm³/mol. The third-order valence-electron chi connectivity index (χ3n) is 2.57. The maximum absolute atomic E-state index is 11.9. The molecular formula is C12H11N5OS. The van der Waals surface area contributed by atoms with Crippen LogP contribution in [0.15, 0.2) is 23.7 Å². The summed E-state index contributed by atoms with van der Waals surface area (Å²) >= 11 is 1.43. The second kappa shape index (κ2) is 4.43. The van der Waals surface area contributed by atoms with Crippen LogP contribution < -0.4 is 5.32 Å². The molecule has 0 fully saturated rings. The first-order chi connectivity index (χ1) is 9.11. The van der Waals surface area contributed by atoms with E-state index in [2.05, 4.69) is 20.4 Å². The lowest BCUT2D eigenvalue weighted by Crippen LogP contribution is -2.13. The second-order valence-corrected chi connectivity index (χ2v) is 5.21. The van der Waals surface area contributed by atoms with Crippen molar-refractivity contribution in [2.24, 2.45) is 0 Å². The van der Waals surface area contributed by atoms with Gasteiger partial charge in [0.25, 0.3) is 5.91 Å². The van der Waals surface area contributed by atoms with Gasteiger partial charge in [0.15, 0.2) is 5.65 Å². The maximum Gasteiger partial charge on any atom is 0.277 e. The van der Waals surface area contributed by atoms with Gasteiger partial charge in [0.2, 0.25) is 5.95 Å². The average Bonchev–Trinajstić information content (AvgIpc) is 2.94. The Balaban J connectivity index is 1.87. The van der Waals surface area contributed by atoms with Gasteiger partial charge in [-0.1, -0.05) is 0 Å². The molecule has 3 aromatic heterocycles. The lowest BCUT2D eigenvalue weighted by atomic mass is 10.3. The molecule has 0 aromatic carbocycles. The highest BCUT2D eigenvalue weighted by molar-refractivity contribution is 7.09. The van der Waals surface area contributed by atoms with Gasteiger partial charge < -0.3 is 0 Å². The molecule has 0 saturated carbocycles. The number of pyridine rings is 1. The highest BCUT2D eigenvalue weighted by Gasteiger charge is 2.12. The summed E-state index contributed by atoms with van der Waals surface area (Å²) in [5.74, 6) is -0.0155. The Bertz CT molecular complexity index is 760. The minimum Gasteiger partial charge on any atom is -0.288 e. The molecule has 3 heterocycles. The van der Waals surface area contributed by atoms with Crippen LogP contribution in [-0.2, 0) is 0 Å². The van der Waals surface area contributed by atoms with Crippen LogP contribution in [0.3, 0.4) is 0 Å². The summed E-state index contributed by atoms with van der Waals surface area (Å²) in [5, 5.41) is 9.38. The summed E-state index contributed by atoms with van der Waals surface area (Å²) in [6.45, 7) is 3.83. The number of rotatable bonds is 2. The molecule has 7 heteroatoms. The van der Waals surface area contributed by atoms with Crippen LogP contribution in [0, 0.1) is 13.8 Å². The Morgan fingerprint density at radius 2 is 2.21 bits per heavy atom. The molecule has 1 N–H and O–H groups in total. The number of aromatic nitrogens is 4. The van der Waals surface area contributed by atoms with Crippen molar-refractivity contribution >= 4 is 28.8 Å². The number of carbonyl (C=O) groups excluding carboxylic acids is 1. The Hall–Kier alpha value is -2.28. The third kappa shape index (κ3) is 2.32. The summed E-state index contributed by atoms with van der Waals surface area (Å²) in [6.07, 6.45) is 1.81. The van der Waals surface area contributed by atoms with E-state index in [1.165, 1.54) is 11.3 Å². The number of anilines is 1. The fourth-order valence-electron chi connectivity index (χ4n) is 1.67. The zero-order valence-electron chi connectivity index (χ0n) is 10.4. The zero-order chi connectivity index (χ0) is 13.4. The summed E-state index contributed by atoms with van der Waals surface area (Å²) < 4.78 is 1.62. The molecule has 0 atom stereocenters. The van der Waals surface area contributed by atoms with E-state index in [-0.39, 0.29) is 11.9 Å². The highest BCUT2D eigenvalue weighted by atomic mass is 32.1. The van der Waals surface area contributed by atoms with Gasteiger partial charge in [-0.25, -0.2) is 9.50 Å². The standard InChI is InChI=1S/C12H11N5OS/c1-7-3-4-17-10(5-7)14-12(16-17)15-11(18)9-6-19-8(2)13-9/h3-6H,1-2H3,(H,15,16,18). The van der Waals surface area contributed by atoms with Crippen molar-refractivity contribution in [3.63, 3.8) is 0 Å². The molecule has 19 heavy (non-hydrogen) atoms. The number of hydrogen-bond acceptors (Lipinski definition) is 5. The molecule has 6 nitrogen and oxygen atoms in total. The van der Waals surface area contributed by atoms with Crippen LogP contribution in [0.4, 0.5) is 5.95 Å². The van der Waals surface area contributed by atoms with Crippen LogP contribution in [0.2, 0.25) is 0 Å². The molecule has 0 bridgehead atoms. The minimum atomic E-state index is -0.294. The van der Waals surface area contributed by atoms with Gasteiger partial charge >= 0.3 is 0 Å². The van der Waals surface area contributed by atoms with Gasteiger partial charge in [0.05, 0.1) is 5.01 Å². The maximum atomic E-state index is 11.9. The molecule has 0 unspecified atom stereocenters. The normalized spacial score (nSPS) is 10.8. The van der Waals surface area contributed by atoms with Crippen LogP contribution in [0.25, 0.3) is 5.65 Å². The SMILES string of the molecule is Cc1ccn2nc(NC(=O)c3csc(C)n3)nc2c1. The Labute approximate surface area is 113 Å². The van der Waals surface area contributed by atoms with Crippen molar-refractivity contribution in [2.75, 3.05) is 5.32 Å². The number of amides is 1. The second-order valence-electron chi connectivity index (χ2n) is 4.15. The molecule has 0 saturated heterocycles. The fourth-order valence-corrected chi connectivity index (χ4v) is 2.26. The molecule has 0 aliphatic carbocycles. The Morgan fingerprint density at radius 1 is 1.37 bits per heavy atom. The molecule has 1 amide bonds. The smallest absolute Gasteiger partial charge is 0.277 e. The van der Waals surface area contributed by atoms with Crippen molar-refractivity contribution in [3.8, 4) is 0 Å². The van der Waals surface area contributed by atoms with Gasteiger partial charge in [0, 0.05) is 11.6 Å². The van der Waals surface area contributed by atoms with Crippen LogP contribution in [0.1, 0.15) is 21.1 Å². The molecule has 0 aliphatic heterocycles. The van der Waals surface area contributed by atoms with Gasteiger partial charge in [-0.2, -0.15) is 4.98 Å². The van der Waals surface area contributed by atoms with Crippen molar-refractivity contribution in [1.29, 1.82) is 0 Å². The number of carbonyl (C=O) groups is 1. The van der Waals surface area contributed by atoms with Crippen molar-refractivity contribution < 1.29 is 4.79 Å². The lowest BCUT2D eigenvalue weighted by Gasteiger charge is -1.95. The van der Waals surface area contributed by atoms with Crippen molar-refractivity contribution in [3.05, 3.63) is 40.0 Å². The first kappa shape index (κ1) is 11.8. The summed E-state index contributed by atoms with van der Waals surface area (Å²) in [6, 6.07) is 3.83. The summed E-state index contributed by atoms with van der Waals surface area (Å²) in [5.41, 5.74) is 2.18. The minimum absolute atomic E-state index is 0.279. The van der Waals surface area contributed by atoms with Crippen molar-refractivity contribution in [2.45, 2.75) is 13.8 Å². The quantitative estimate of drug-likeness (QED) is 0.775. The summed E-state index contributed by atoms with van der Waals surface area (Å²) in [7, 11) is 0. The van der Waals surface area contributed by atoms with Crippen molar-refractivity contribution in [1.82, 2.24) is 19.6 Å². The summed E-state index contributed by atoms with van der Waals surface area (Å²) in [4.78, 5) is 20.3. The van der Waals surface area contributed by atoms with Gasteiger partial charge in [-0.15, -0.1) is 16.4 Å². The molecule has 3 rings (SSSR count). The topological polar surface area (TPSA) is 72.2 Å². The first-order valence-electron chi connectivity index (χ1n) is 5.68. The molecule has 0 spiro atoms. The molecule has 96 valence electrons. The molecule has 3 aromatic rings. The van der Waals surface area contributed by atoms with Gasteiger partial charge in [0.1, 0.15) is 5.69 Å². The third-order valence-corrected chi connectivity index (χ3v) is 3.34. The Morgan fingerprint density at radius 3 is 2.95 bits per heavy atom. The van der Waals surface area contributed by atoms with E-state index in [1.54, 1.807) is 16.1 Å². The molecule has 0 aliphatic rings. The molecular weight excluding hydrogens is 262 g/mol. The Kier molecular flexibility index (Phi) is 2.75. The van der Waals surface area contributed by atoms with E-state index >= 15 is 0 Å². The van der Waals surface area contributed by atoms with E-state index in [9.17, 15) is 4.79 Å². The van der Waals surface area contributed by atoms with E-state index < -0.39 is 0 Å². The first-order valence-corrected chi connectivity index (χ1v) is 6.56. The largest absolute Gasteiger partial charge is 0.288 e. The lowest BCUT2D eigenvalue weighted by molar-refractivity contribution is 0.102. The highest BCUT2D eigenvalue weighted by Crippen LogP contribution is 2.11. The number of thiazole rings is 1. The van der Waals surface area contributed by atoms with E-state index in [1.807, 2.05) is 26.0 Å². The van der Waals surface area contributed by atoms with Crippen LogP contribution >= 0.6 is 11.3 Å². The molecule has 0 radical (unpaired) electrons.